The molecular formula is C4H14O2Si3. The Hall–Kier alpha value is 0.411. The first kappa shape index (κ1) is 9.41. The summed E-state index contributed by atoms with van der Waals surface area (Å²) in [5, 5.41) is 0. The lowest BCUT2D eigenvalue weighted by atomic mass is 11.8. The maximum Gasteiger partial charge on any atom is 0.262 e. The Morgan fingerprint density at radius 3 is 2.00 bits per heavy atom. The highest BCUT2D eigenvalue weighted by Gasteiger charge is 2.25. The fourth-order valence-corrected chi connectivity index (χ4v) is 8.32. The molecule has 9 heavy (non-hydrogen) atoms. The average Bonchev–Trinajstić information content (AvgIpc) is 1.64. The van der Waals surface area contributed by atoms with E-state index in [1.165, 1.54) is 0 Å². The normalized spacial score (nSPS) is 12.9. The first-order valence-electron chi connectivity index (χ1n) is 3.00. The quantitative estimate of drug-likeness (QED) is 0.571. The lowest BCUT2D eigenvalue weighted by molar-refractivity contribution is 0.450. The Morgan fingerprint density at radius 1 is 1.44 bits per heavy atom. The van der Waals surface area contributed by atoms with E-state index < -0.39 is 24.6 Å². The van der Waals surface area contributed by atoms with Crippen molar-refractivity contribution in [2.24, 2.45) is 0 Å². The van der Waals surface area contributed by atoms with Crippen LogP contribution in [0.2, 0.25) is 19.6 Å². The van der Waals surface area contributed by atoms with Gasteiger partial charge in [-0.2, -0.15) is 0 Å². The summed E-state index contributed by atoms with van der Waals surface area (Å²) >= 11 is 0. The molecule has 0 aliphatic heterocycles. The van der Waals surface area contributed by atoms with Gasteiger partial charge in [0, 0.05) is 7.11 Å². The number of hydrogen-bond acceptors (Lipinski definition) is 2. The predicted molar refractivity (Wildman–Crippen MR) is 45.3 cm³/mol. The Labute approximate surface area is 60.8 Å². The molecular weight excluding hydrogens is 164 g/mol. The highest BCUT2D eigenvalue weighted by Crippen LogP contribution is 1.98. The topological polar surface area (TPSA) is 26.3 Å². The van der Waals surface area contributed by atoms with Crippen LogP contribution in [0.15, 0.2) is 0 Å². The van der Waals surface area contributed by atoms with Gasteiger partial charge >= 0.3 is 0 Å². The molecule has 0 N–H and O–H groups in total. The van der Waals surface area contributed by atoms with Gasteiger partial charge in [0.05, 0.1) is 0 Å². The van der Waals surface area contributed by atoms with Gasteiger partial charge in [-0.3, -0.25) is 0 Å². The van der Waals surface area contributed by atoms with Crippen molar-refractivity contribution >= 4 is 24.6 Å². The monoisotopic (exact) mass is 178 g/mol. The van der Waals surface area contributed by atoms with Crippen LogP contribution in [-0.4, -0.2) is 31.7 Å². The molecule has 2 nitrogen and oxygen atoms in total. The van der Waals surface area contributed by atoms with E-state index in [1.807, 2.05) is 0 Å². The maximum absolute atomic E-state index is 11.2. The summed E-state index contributed by atoms with van der Waals surface area (Å²) in [6.07, 6.45) is 0. The van der Waals surface area contributed by atoms with Crippen molar-refractivity contribution in [2.75, 3.05) is 7.11 Å². The van der Waals surface area contributed by atoms with Crippen molar-refractivity contribution in [2.45, 2.75) is 19.6 Å². The minimum absolute atomic E-state index is 0.650. The van der Waals surface area contributed by atoms with E-state index in [9.17, 15) is 4.46 Å². The van der Waals surface area contributed by atoms with E-state index >= 15 is 0 Å². The molecule has 0 rings (SSSR count). The average molecular weight is 178 g/mol. The molecule has 0 spiro atoms. The lowest BCUT2D eigenvalue weighted by Gasteiger charge is -2.10. The second-order valence-electron chi connectivity index (χ2n) is 3.11. The van der Waals surface area contributed by atoms with Gasteiger partial charge in [0.25, 0.3) is 7.72 Å². The van der Waals surface area contributed by atoms with Crippen molar-refractivity contribution < 1.29 is 8.89 Å². The zero-order chi connectivity index (χ0) is 7.49. The molecule has 0 aromatic heterocycles. The largest absolute Gasteiger partial charge is 0.423 e. The summed E-state index contributed by atoms with van der Waals surface area (Å²) in [5.74, 6) is 0. The molecule has 0 aromatic rings. The van der Waals surface area contributed by atoms with E-state index in [2.05, 4.69) is 19.6 Å². The zero-order valence-corrected chi connectivity index (χ0v) is 9.94. The molecule has 0 heterocycles. The second kappa shape index (κ2) is 3.55. The Morgan fingerprint density at radius 2 is 1.89 bits per heavy atom. The molecule has 0 aromatic carbocycles. The van der Waals surface area contributed by atoms with Crippen LogP contribution in [0.5, 0.6) is 0 Å². The Balaban J connectivity index is 3.74. The van der Waals surface area contributed by atoms with Crippen molar-refractivity contribution in [3.8, 4) is 0 Å². The third-order valence-corrected chi connectivity index (χ3v) is 20.9. The van der Waals surface area contributed by atoms with Gasteiger partial charge < -0.3 is 8.89 Å². The molecule has 0 saturated heterocycles. The highest BCUT2D eigenvalue weighted by molar-refractivity contribution is 7.44. The molecule has 54 valence electrons. The molecule has 5 heteroatoms. The molecule has 0 fully saturated rings. The molecule has 0 amide bonds. The molecule has 0 bridgehead atoms. The summed E-state index contributed by atoms with van der Waals surface area (Å²) < 4.78 is 16.2. The molecule has 0 saturated carbocycles. The van der Waals surface area contributed by atoms with E-state index in [0.29, 0.717) is 0 Å². The van der Waals surface area contributed by atoms with Crippen molar-refractivity contribution in [1.82, 2.24) is 0 Å². The summed E-state index contributed by atoms with van der Waals surface area (Å²) in [6.45, 7) is 6.42. The van der Waals surface area contributed by atoms with Crippen LogP contribution in [0, 0.1) is 0 Å². The van der Waals surface area contributed by atoms with Gasteiger partial charge in [-0.25, -0.2) is 0 Å². The third kappa shape index (κ3) is 3.90. The minimum atomic E-state index is -1.30. The van der Waals surface area contributed by atoms with Crippen LogP contribution in [0.1, 0.15) is 0 Å². The number of rotatable bonds is 3. The highest BCUT2D eigenvalue weighted by atomic mass is 29.6. The van der Waals surface area contributed by atoms with Crippen LogP contribution < -0.4 is 0 Å². The van der Waals surface area contributed by atoms with Gasteiger partial charge in [-0.15, -0.1) is 0 Å². The second-order valence-corrected chi connectivity index (χ2v) is 20.4. The van der Waals surface area contributed by atoms with Gasteiger partial charge in [0.1, 0.15) is 7.59 Å². The smallest absolute Gasteiger partial charge is 0.262 e. The molecule has 0 aliphatic carbocycles. The van der Waals surface area contributed by atoms with E-state index in [4.69, 9.17) is 4.43 Å². The summed E-state index contributed by atoms with van der Waals surface area (Å²) in [5.41, 5.74) is 0. The molecule has 0 aliphatic rings. The van der Waals surface area contributed by atoms with Crippen LogP contribution in [0.3, 0.4) is 0 Å². The molecule has 0 atom stereocenters. The van der Waals surface area contributed by atoms with E-state index in [0.717, 1.165) is 0 Å². The lowest BCUT2D eigenvalue weighted by Crippen LogP contribution is -2.40. The first-order chi connectivity index (χ1) is 3.98. The van der Waals surface area contributed by atoms with E-state index in [1.54, 1.807) is 7.11 Å². The third-order valence-electron chi connectivity index (χ3n) is 1.11. The fourth-order valence-electron chi connectivity index (χ4n) is 0.348. The fraction of sp³-hybridized carbons (Fsp3) is 1.00. The number of hydrogen-bond donors (Lipinski definition) is 0. The van der Waals surface area contributed by atoms with E-state index in [-0.39, 0.29) is 0 Å². The van der Waals surface area contributed by atoms with Gasteiger partial charge in [0.15, 0.2) is 0 Å². The Bertz CT molecular complexity index is 107. The van der Waals surface area contributed by atoms with Crippen LogP contribution in [-0.2, 0) is 8.89 Å². The summed E-state index contributed by atoms with van der Waals surface area (Å²) in [4.78, 5) is 0. The van der Waals surface area contributed by atoms with Crippen LogP contribution in [0.25, 0.3) is 0 Å². The van der Waals surface area contributed by atoms with Crippen LogP contribution >= 0.6 is 0 Å². The zero-order valence-electron chi connectivity index (χ0n) is 6.52. The van der Waals surface area contributed by atoms with Crippen molar-refractivity contribution in [1.29, 1.82) is 0 Å². The first-order valence-corrected chi connectivity index (χ1v) is 11.8. The van der Waals surface area contributed by atoms with Gasteiger partial charge in [0.2, 0.25) is 9.28 Å². The molecule has 0 radical (unpaired) electrons. The van der Waals surface area contributed by atoms with Crippen LogP contribution in [0.4, 0.5) is 0 Å². The maximum atomic E-state index is 11.2. The van der Waals surface area contributed by atoms with Crippen molar-refractivity contribution in [3.63, 3.8) is 0 Å². The minimum Gasteiger partial charge on any atom is -0.423 e. The standard InChI is InChI=1S/C4H14O2Si3/c1-6-7-8(5)9(2,3)4/h7H2,1-4H3. The SMILES string of the molecule is CO[SiH2][Si](=O)[Si](C)(C)C. The van der Waals surface area contributed by atoms with Crippen molar-refractivity contribution in [3.05, 3.63) is 0 Å². The summed E-state index contributed by atoms with van der Waals surface area (Å²) in [6, 6.07) is 0. The Kier molecular flexibility index (Phi) is 3.71. The van der Waals surface area contributed by atoms with Gasteiger partial charge in [-0.1, -0.05) is 19.6 Å². The predicted octanol–water partition coefficient (Wildman–Crippen LogP) is 0.0519. The summed E-state index contributed by atoms with van der Waals surface area (Å²) in [7, 11) is -1.54. The van der Waals surface area contributed by atoms with Gasteiger partial charge in [-0.05, 0) is 0 Å². The molecule has 0 unspecified atom stereocenters.